The van der Waals surface area contributed by atoms with Gasteiger partial charge < -0.3 is 10.4 Å². The Labute approximate surface area is 111 Å². The number of amides is 1. The lowest BCUT2D eigenvalue weighted by Gasteiger charge is -2.15. The van der Waals surface area contributed by atoms with Gasteiger partial charge in [-0.1, -0.05) is 6.92 Å². The van der Waals surface area contributed by atoms with Gasteiger partial charge in [0.1, 0.15) is 0 Å². The molecule has 19 heavy (non-hydrogen) atoms. The van der Waals surface area contributed by atoms with Gasteiger partial charge in [-0.15, -0.1) is 0 Å². The van der Waals surface area contributed by atoms with Crippen LogP contribution in [0.25, 0.3) is 0 Å². The van der Waals surface area contributed by atoms with Crippen molar-refractivity contribution < 1.29 is 14.8 Å². The zero-order valence-electron chi connectivity index (χ0n) is 11.0. The molecule has 0 saturated heterocycles. The Morgan fingerprint density at radius 3 is 2.68 bits per heavy atom. The lowest BCUT2D eigenvalue weighted by molar-refractivity contribution is -0.385. The molecule has 0 aliphatic carbocycles. The predicted molar refractivity (Wildman–Crippen MR) is 71.1 cm³/mol. The summed E-state index contributed by atoms with van der Waals surface area (Å²) in [5.41, 5.74) is 0.839. The number of hydrogen-bond donors (Lipinski definition) is 2. The minimum atomic E-state index is -0.475. The molecule has 2 N–H and O–H groups in total. The van der Waals surface area contributed by atoms with Crippen LogP contribution < -0.4 is 5.32 Å². The summed E-state index contributed by atoms with van der Waals surface area (Å²) in [5, 5.41) is 22.3. The van der Waals surface area contributed by atoms with Crippen molar-refractivity contribution in [2.45, 2.75) is 32.7 Å². The summed E-state index contributed by atoms with van der Waals surface area (Å²) in [6.07, 6.45) is 1.21. The summed E-state index contributed by atoms with van der Waals surface area (Å²) in [5.74, 6) is -0.279. The molecule has 104 valence electrons. The van der Waals surface area contributed by atoms with E-state index in [2.05, 4.69) is 5.32 Å². The number of nitro groups is 1. The fraction of sp³-hybridized carbons (Fsp3) is 0.462. The second-order valence-corrected chi connectivity index (χ2v) is 4.35. The fourth-order valence-corrected chi connectivity index (χ4v) is 1.80. The summed E-state index contributed by atoms with van der Waals surface area (Å²) in [6.45, 7) is 3.53. The van der Waals surface area contributed by atoms with Crippen LogP contribution in [-0.4, -0.2) is 28.6 Å². The molecule has 0 aliphatic rings. The minimum Gasteiger partial charge on any atom is -0.396 e. The number of nitrogens with zero attached hydrogens (tertiary/aromatic N) is 1. The molecule has 1 aromatic rings. The third-order valence-electron chi connectivity index (χ3n) is 2.96. The van der Waals surface area contributed by atoms with E-state index in [0.29, 0.717) is 17.5 Å². The number of nitro benzene ring substituents is 1. The van der Waals surface area contributed by atoms with E-state index < -0.39 is 4.92 Å². The van der Waals surface area contributed by atoms with Crippen molar-refractivity contribution in [2.75, 3.05) is 6.61 Å². The molecular formula is C13H18N2O4. The van der Waals surface area contributed by atoms with E-state index >= 15 is 0 Å². The van der Waals surface area contributed by atoms with Crippen LogP contribution in [0.3, 0.4) is 0 Å². The summed E-state index contributed by atoms with van der Waals surface area (Å²) >= 11 is 0. The summed E-state index contributed by atoms with van der Waals surface area (Å²) in [7, 11) is 0. The topological polar surface area (TPSA) is 92.5 Å². The number of hydrogen-bond acceptors (Lipinski definition) is 4. The van der Waals surface area contributed by atoms with Crippen LogP contribution in [0.15, 0.2) is 18.2 Å². The van der Waals surface area contributed by atoms with Crippen LogP contribution in [0, 0.1) is 17.0 Å². The number of benzene rings is 1. The Kier molecular flexibility index (Phi) is 5.44. The molecule has 0 radical (unpaired) electrons. The first-order valence-corrected chi connectivity index (χ1v) is 6.16. The lowest BCUT2D eigenvalue weighted by Crippen LogP contribution is -2.35. The molecule has 0 aliphatic heterocycles. The second kappa shape index (κ2) is 6.84. The average Bonchev–Trinajstić information content (AvgIpc) is 2.37. The lowest BCUT2D eigenvalue weighted by atomic mass is 10.1. The van der Waals surface area contributed by atoms with Crippen LogP contribution in [0.1, 0.15) is 35.7 Å². The third-order valence-corrected chi connectivity index (χ3v) is 2.96. The van der Waals surface area contributed by atoms with Crippen molar-refractivity contribution in [3.05, 3.63) is 39.4 Å². The van der Waals surface area contributed by atoms with Crippen LogP contribution >= 0.6 is 0 Å². The Balaban J connectivity index is 2.83. The van der Waals surface area contributed by atoms with Gasteiger partial charge in [0, 0.05) is 29.8 Å². The monoisotopic (exact) mass is 266 g/mol. The highest BCUT2D eigenvalue weighted by molar-refractivity contribution is 5.94. The fourth-order valence-electron chi connectivity index (χ4n) is 1.80. The van der Waals surface area contributed by atoms with Crippen LogP contribution in [0.2, 0.25) is 0 Å². The van der Waals surface area contributed by atoms with Gasteiger partial charge in [0.25, 0.3) is 11.6 Å². The Morgan fingerprint density at radius 2 is 2.21 bits per heavy atom. The highest BCUT2D eigenvalue weighted by atomic mass is 16.6. The van der Waals surface area contributed by atoms with Gasteiger partial charge in [-0.3, -0.25) is 14.9 Å². The molecule has 0 bridgehead atoms. The highest BCUT2D eigenvalue weighted by Crippen LogP contribution is 2.18. The van der Waals surface area contributed by atoms with Crippen molar-refractivity contribution in [3.8, 4) is 0 Å². The number of aryl methyl sites for hydroxylation is 1. The molecule has 0 saturated carbocycles. The molecule has 1 unspecified atom stereocenters. The quantitative estimate of drug-likeness (QED) is 0.606. The zero-order valence-corrected chi connectivity index (χ0v) is 11.0. The molecule has 6 nitrogen and oxygen atoms in total. The van der Waals surface area contributed by atoms with E-state index in [0.717, 1.165) is 6.42 Å². The Bertz CT molecular complexity index is 474. The Morgan fingerprint density at radius 1 is 1.53 bits per heavy atom. The second-order valence-electron chi connectivity index (χ2n) is 4.35. The van der Waals surface area contributed by atoms with Gasteiger partial charge in [0.05, 0.1) is 4.92 Å². The van der Waals surface area contributed by atoms with E-state index in [1.807, 2.05) is 6.92 Å². The number of carbonyl (C=O) groups is 1. The third kappa shape index (κ3) is 4.03. The standard InChI is InChI=1S/C13H18N2O4/c1-3-11(6-7-16)14-13(17)10-4-5-12(15(18)19)9(2)8-10/h4-5,8,11,16H,3,6-7H2,1-2H3,(H,14,17). The minimum absolute atomic E-state index is 0.000972. The van der Waals surface area contributed by atoms with Crippen LogP contribution in [-0.2, 0) is 0 Å². The number of rotatable bonds is 6. The van der Waals surface area contributed by atoms with Crippen molar-refractivity contribution in [1.82, 2.24) is 5.32 Å². The van der Waals surface area contributed by atoms with E-state index in [1.165, 1.54) is 18.2 Å². The van der Waals surface area contributed by atoms with Crippen LogP contribution in [0.5, 0.6) is 0 Å². The van der Waals surface area contributed by atoms with Crippen molar-refractivity contribution in [1.29, 1.82) is 0 Å². The smallest absolute Gasteiger partial charge is 0.272 e. The van der Waals surface area contributed by atoms with Gasteiger partial charge in [0.2, 0.25) is 0 Å². The van der Waals surface area contributed by atoms with Gasteiger partial charge in [0.15, 0.2) is 0 Å². The molecule has 1 rings (SSSR count). The maximum Gasteiger partial charge on any atom is 0.272 e. The number of aliphatic hydroxyl groups excluding tert-OH is 1. The largest absolute Gasteiger partial charge is 0.396 e. The first-order valence-electron chi connectivity index (χ1n) is 6.16. The Hall–Kier alpha value is -1.95. The SMILES string of the molecule is CCC(CCO)NC(=O)c1ccc([N+](=O)[O-])c(C)c1. The molecule has 0 fully saturated rings. The van der Waals surface area contributed by atoms with Gasteiger partial charge in [-0.2, -0.15) is 0 Å². The molecule has 0 spiro atoms. The zero-order chi connectivity index (χ0) is 14.4. The van der Waals surface area contributed by atoms with Crippen LogP contribution in [0.4, 0.5) is 5.69 Å². The highest BCUT2D eigenvalue weighted by Gasteiger charge is 2.15. The molecule has 0 heterocycles. The van der Waals surface area contributed by atoms with Gasteiger partial charge in [-0.05, 0) is 31.9 Å². The normalized spacial score (nSPS) is 11.9. The summed E-state index contributed by atoms with van der Waals surface area (Å²) < 4.78 is 0. The first kappa shape index (κ1) is 15.1. The van der Waals surface area contributed by atoms with Crippen molar-refractivity contribution in [2.24, 2.45) is 0 Å². The molecular weight excluding hydrogens is 248 g/mol. The number of nitrogens with one attached hydrogen (secondary N) is 1. The molecule has 1 atom stereocenters. The van der Waals surface area contributed by atoms with E-state index in [-0.39, 0.29) is 24.2 Å². The number of carbonyl (C=O) groups excluding carboxylic acids is 1. The van der Waals surface area contributed by atoms with E-state index in [4.69, 9.17) is 5.11 Å². The average molecular weight is 266 g/mol. The molecule has 6 heteroatoms. The maximum atomic E-state index is 12.0. The van der Waals surface area contributed by atoms with E-state index in [1.54, 1.807) is 6.92 Å². The molecule has 1 aromatic carbocycles. The van der Waals surface area contributed by atoms with Crippen molar-refractivity contribution >= 4 is 11.6 Å². The maximum absolute atomic E-state index is 12.0. The van der Waals surface area contributed by atoms with Gasteiger partial charge >= 0.3 is 0 Å². The first-order chi connectivity index (χ1) is 8.99. The summed E-state index contributed by atoms with van der Waals surface area (Å²) in [4.78, 5) is 22.2. The van der Waals surface area contributed by atoms with Crippen molar-refractivity contribution in [3.63, 3.8) is 0 Å². The summed E-state index contributed by atoms with van der Waals surface area (Å²) in [6, 6.07) is 4.18. The number of aliphatic hydroxyl groups is 1. The van der Waals surface area contributed by atoms with E-state index in [9.17, 15) is 14.9 Å². The predicted octanol–water partition coefficient (Wildman–Crippen LogP) is 1.79. The molecule has 0 aromatic heterocycles. The molecule has 1 amide bonds. The van der Waals surface area contributed by atoms with Gasteiger partial charge in [-0.25, -0.2) is 0 Å².